The van der Waals surface area contributed by atoms with E-state index in [-0.39, 0.29) is 8.83 Å². The highest BCUT2D eigenvalue weighted by Crippen LogP contribution is 2.11. The number of benzene rings is 1. The third-order valence-electron chi connectivity index (χ3n) is 1.54. The average Bonchev–Trinajstić information content (AvgIpc) is 2.07. The molecule has 0 aliphatic carbocycles. The van der Waals surface area contributed by atoms with Crippen molar-refractivity contribution in [3.05, 3.63) is 29.8 Å². The molecule has 0 saturated carbocycles. The second-order valence-electron chi connectivity index (χ2n) is 2.29. The minimum atomic E-state index is -0.371. The summed E-state index contributed by atoms with van der Waals surface area (Å²) in [6.45, 7) is 0. The number of ether oxygens (including phenoxy) is 1. The van der Waals surface area contributed by atoms with Crippen LogP contribution in [0.1, 0.15) is 5.56 Å². The molecule has 1 rings (SSSR count). The molecule has 0 radical (unpaired) electrons. The molecule has 1 nitrogen and oxygen atoms in total. The number of hydrogen-bond acceptors (Lipinski definition) is 1. The number of halogens is 1. The number of rotatable bonds is 3. The molecule has 0 amide bonds. The molecule has 0 saturated heterocycles. The molecule has 60 valence electrons. The van der Waals surface area contributed by atoms with E-state index in [1.807, 2.05) is 12.1 Å². The fourth-order valence-electron chi connectivity index (χ4n) is 0.901. The van der Waals surface area contributed by atoms with Crippen LogP contribution in [-0.2, 0) is 6.04 Å². The summed E-state index contributed by atoms with van der Waals surface area (Å²) in [4.78, 5) is 0. The fraction of sp³-hybridized carbons (Fsp3) is 0.250. The SMILES string of the molecule is COc1ccc(C[SiH2]Cl)cc1. The van der Waals surface area contributed by atoms with Gasteiger partial charge >= 0.3 is 0 Å². The third-order valence-corrected chi connectivity index (χ3v) is 2.88. The third kappa shape index (κ3) is 2.56. The molecule has 11 heavy (non-hydrogen) atoms. The van der Waals surface area contributed by atoms with Crippen molar-refractivity contribution in [2.45, 2.75) is 6.04 Å². The van der Waals surface area contributed by atoms with Gasteiger partial charge in [-0.3, -0.25) is 0 Å². The maximum absolute atomic E-state index is 5.72. The van der Waals surface area contributed by atoms with Crippen molar-refractivity contribution in [2.24, 2.45) is 0 Å². The van der Waals surface area contributed by atoms with Crippen molar-refractivity contribution < 1.29 is 4.74 Å². The van der Waals surface area contributed by atoms with Gasteiger partial charge < -0.3 is 4.74 Å². The first-order chi connectivity index (χ1) is 5.36. The van der Waals surface area contributed by atoms with E-state index < -0.39 is 0 Å². The Balaban J connectivity index is 2.66. The standard InChI is InChI=1S/C8H11ClOSi/c1-10-8-4-2-7(3-5-8)6-11-9/h2-5H,6,11H2,1H3. The van der Waals surface area contributed by atoms with Gasteiger partial charge in [-0.05, 0) is 23.7 Å². The van der Waals surface area contributed by atoms with Crippen molar-refractivity contribution in [1.29, 1.82) is 0 Å². The lowest BCUT2D eigenvalue weighted by molar-refractivity contribution is 0.414. The highest BCUT2D eigenvalue weighted by molar-refractivity contribution is 6.93. The van der Waals surface area contributed by atoms with Crippen LogP contribution < -0.4 is 4.74 Å². The van der Waals surface area contributed by atoms with Gasteiger partial charge in [-0.15, -0.1) is 0 Å². The molecule has 1 aromatic carbocycles. The van der Waals surface area contributed by atoms with E-state index in [0.717, 1.165) is 11.8 Å². The van der Waals surface area contributed by atoms with Crippen molar-refractivity contribution in [3.63, 3.8) is 0 Å². The lowest BCUT2D eigenvalue weighted by Crippen LogP contribution is -1.89. The summed E-state index contributed by atoms with van der Waals surface area (Å²) >= 11 is 5.72. The van der Waals surface area contributed by atoms with Gasteiger partial charge in [0.1, 0.15) is 14.6 Å². The van der Waals surface area contributed by atoms with E-state index >= 15 is 0 Å². The van der Waals surface area contributed by atoms with Crippen molar-refractivity contribution in [1.82, 2.24) is 0 Å². The molecule has 0 aromatic heterocycles. The van der Waals surface area contributed by atoms with Crippen LogP contribution in [0.4, 0.5) is 0 Å². The lowest BCUT2D eigenvalue weighted by atomic mass is 10.2. The summed E-state index contributed by atoms with van der Waals surface area (Å²) in [6.07, 6.45) is 0. The normalized spacial score (nSPS) is 10.7. The first-order valence-electron chi connectivity index (χ1n) is 3.55. The number of methoxy groups -OCH3 is 1. The zero-order chi connectivity index (χ0) is 8.10. The zero-order valence-corrected chi connectivity index (χ0v) is 8.68. The Morgan fingerprint density at radius 2 is 2.00 bits per heavy atom. The Hall–Kier alpha value is -0.473. The minimum absolute atomic E-state index is 0.371. The molecular weight excluding hydrogens is 176 g/mol. The predicted molar refractivity (Wildman–Crippen MR) is 51.1 cm³/mol. The summed E-state index contributed by atoms with van der Waals surface area (Å²) in [5, 5.41) is 0. The molecular formula is C8H11ClOSi. The molecule has 0 bridgehead atoms. The van der Waals surface area contributed by atoms with Crippen molar-refractivity contribution in [3.8, 4) is 5.75 Å². The molecule has 0 spiro atoms. The molecule has 0 unspecified atom stereocenters. The monoisotopic (exact) mass is 186 g/mol. The van der Waals surface area contributed by atoms with E-state index in [1.165, 1.54) is 5.56 Å². The second kappa shape index (κ2) is 4.41. The van der Waals surface area contributed by atoms with Gasteiger partial charge in [0.2, 0.25) is 0 Å². The van der Waals surface area contributed by atoms with E-state index in [9.17, 15) is 0 Å². The quantitative estimate of drug-likeness (QED) is 0.514. The zero-order valence-electron chi connectivity index (χ0n) is 6.51. The Labute approximate surface area is 73.9 Å². The molecule has 3 heteroatoms. The molecule has 0 aliphatic rings. The smallest absolute Gasteiger partial charge is 0.129 e. The Bertz CT molecular complexity index is 210. The lowest BCUT2D eigenvalue weighted by Gasteiger charge is -2.00. The van der Waals surface area contributed by atoms with E-state index in [4.69, 9.17) is 15.8 Å². The second-order valence-corrected chi connectivity index (χ2v) is 4.30. The summed E-state index contributed by atoms with van der Waals surface area (Å²) in [5.41, 5.74) is 1.31. The van der Waals surface area contributed by atoms with E-state index in [0.29, 0.717) is 0 Å². The summed E-state index contributed by atoms with van der Waals surface area (Å²) < 4.78 is 5.03. The van der Waals surface area contributed by atoms with Gasteiger partial charge in [0.15, 0.2) is 0 Å². The topological polar surface area (TPSA) is 9.23 Å². The maximum atomic E-state index is 5.72. The van der Waals surface area contributed by atoms with Gasteiger partial charge in [0.25, 0.3) is 0 Å². The fourth-order valence-corrected chi connectivity index (χ4v) is 2.11. The van der Waals surface area contributed by atoms with E-state index in [1.54, 1.807) is 7.11 Å². The Kier molecular flexibility index (Phi) is 3.46. The van der Waals surface area contributed by atoms with Crippen LogP contribution in [0.3, 0.4) is 0 Å². The summed E-state index contributed by atoms with van der Waals surface area (Å²) in [6, 6.07) is 9.13. The average molecular weight is 187 g/mol. The van der Waals surface area contributed by atoms with Crippen LogP contribution >= 0.6 is 11.1 Å². The van der Waals surface area contributed by atoms with Gasteiger partial charge in [-0.2, -0.15) is 11.1 Å². The number of hydrogen-bond donors (Lipinski definition) is 0. The summed E-state index contributed by atoms with van der Waals surface area (Å²) in [5.74, 6) is 0.907. The van der Waals surface area contributed by atoms with Gasteiger partial charge in [-0.25, -0.2) is 0 Å². The molecule has 0 fully saturated rings. The van der Waals surface area contributed by atoms with Crippen LogP contribution in [0.2, 0.25) is 0 Å². The van der Waals surface area contributed by atoms with Crippen LogP contribution in [0, 0.1) is 0 Å². The predicted octanol–water partition coefficient (Wildman–Crippen LogP) is 1.52. The van der Waals surface area contributed by atoms with Gasteiger partial charge in [-0.1, -0.05) is 12.1 Å². The largest absolute Gasteiger partial charge is 0.497 e. The highest BCUT2D eigenvalue weighted by Gasteiger charge is 1.92. The Morgan fingerprint density at radius 3 is 2.45 bits per heavy atom. The van der Waals surface area contributed by atoms with Gasteiger partial charge in [0.05, 0.1) is 7.11 Å². The van der Waals surface area contributed by atoms with Crippen molar-refractivity contribution in [2.75, 3.05) is 7.11 Å². The van der Waals surface area contributed by atoms with Crippen LogP contribution in [-0.4, -0.2) is 15.9 Å². The Morgan fingerprint density at radius 1 is 1.36 bits per heavy atom. The van der Waals surface area contributed by atoms with Gasteiger partial charge in [0, 0.05) is 0 Å². The summed E-state index contributed by atoms with van der Waals surface area (Å²) in [7, 11) is 1.30. The van der Waals surface area contributed by atoms with Crippen LogP contribution in [0.25, 0.3) is 0 Å². The molecule has 0 heterocycles. The van der Waals surface area contributed by atoms with Crippen LogP contribution in [0.5, 0.6) is 5.75 Å². The highest BCUT2D eigenvalue weighted by atomic mass is 35.6. The molecule has 0 atom stereocenters. The molecule has 0 N–H and O–H groups in total. The first kappa shape index (κ1) is 8.62. The molecule has 1 aromatic rings. The van der Waals surface area contributed by atoms with E-state index in [2.05, 4.69) is 12.1 Å². The van der Waals surface area contributed by atoms with Crippen molar-refractivity contribution >= 4 is 19.9 Å². The maximum Gasteiger partial charge on any atom is 0.129 e. The first-order valence-corrected chi connectivity index (χ1v) is 6.69. The minimum Gasteiger partial charge on any atom is -0.497 e. The molecule has 0 aliphatic heterocycles. The van der Waals surface area contributed by atoms with Crippen LogP contribution in [0.15, 0.2) is 24.3 Å².